The molecule has 0 bridgehead atoms. The molecule has 1 amide bonds. The number of carbonyl (C=O) groups is 1. The SMILES string of the molecule is O=C(Nc1ccc(/N=N/c2ccccc2)cc1)c1ccc([N+](=O)[O-])cc1. The Labute approximate surface area is 149 Å². The smallest absolute Gasteiger partial charge is 0.269 e. The fourth-order valence-corrected chi connectivity index (χ4v) is 2.16. The first-order valence-electron chi connectivity index (χ1n) is 7.74. The van der Waals surface area contributed by atoms with Crippen molar-refractivity contribution in [1.82, 2.24) is 0 Å². The Morgan fingerprint density at radius 3 is 1.96 bits per heavy atom. The number of hydrogen-bond donors (Lipinski definition) is 1. The van der Waals surface area contributed by atoms with Crippen molar-refractivity contribution in [1.29, 1.82) is 0 Å². The topological polar surface area (TPSA) is 97.0 Å². The van der Waals surface area contributed by atoms with Crippen LogP contribution in [0.15, 0.2) is 89.1 Å². The van der Waals surface area contributed by atoms with Crippen LogP contribution in [-0.2, 0) is 0 Å². The number of nitrogens with zero attached hydrogens (tertiary/aromatic N) is 3. The van der Waals surface area contributed by atoms with E-state index < -0.39 is 4.92 Å². The van der Waals surface area contributed by atoms with Crippen molar-refractivity contribution in [2.24, 2.45) is 10.2 Å². The van der Waals surface area contributed by atoms with E-state index in [0.29, 0.717) is 16.9 Å². The lowest BCUT2D eigenvalue weighted by Crippen LogP contribution is -2.11. The quantitative estimate of drug-likeness (QED) is 0.387. The number of amides is 1. The number of nitro benzene ring substituents is 1. The number of carbonyl (C=O) groups excluding carboxylic acids is 1. The van der Waals surface area contributed by atoms with Crippen LogP contribution in [0.4, 0.5) is 22.7 Å². The average molecular weight is 346 g/mol. The molecule has 0 spiro atoms. The van der Waals surface area contributed by atoms with Crippen molar-refractivity contribution < 1.29 is 9.72 Å². The monoisotopic (exact) mass is 346 g/mol. The second kappa shape index (κ2) is 7.80. The zero-order valence-electron chi connectivity index (χ0n) is 13.6. The van der Waals surface area contributed by atoms with Gasteiger partial charge >= 0.3 is 0 Å². The second-order valence-corrected chi connectivity index (χ2v) is 5.34. The standard InChI is InChI=1S/C19H14N4O3/c24-19(14-6-12-18(13-7-14)23(25)26)20-15-8-10-17(11-9-15)22-21-16-4-2-1-3-5-16/h1-13H,(H,20,24)/b22-21+. The lowest BCUT2D eigenvalue weighted by molar-refractivity contribution is -0.384. The van der Waals surface area contributed by atoms with Crippen LogP contribution in [0.1, 0.15) is 10.4 Å². The van der Waals surface area contributed by atoms with Gasteiger partial charge in [0.1, 0.15) is 0 Å². The summed E-state index contributed by atoms with van der Waals surface area (Å²) in [5, 5.41) is 21.6. The Balaban J connectivity index is 1.64. The molecule has 0 aromatic heterocycles. The maximum atomic E-state index is 12.2. The van der Waals surface area contributed by atoms with Gasteiger partial charge in [0.2, 0.25) is 0 Å². The lowest BCUT2D eigenvalue weighted by Gasteiger charge is -2.05. The molecule has 0 unspecified atom stereocenters. The van der Waals surface area contributed by atoms with Crippen molar-refractivity contribution in [2.75, 3.05) is 5.32 Å². The molecule has 0 aliphatic carbocycles. The molecular formula is C19H14N4O3. The van der Waals surface area contributed by atoms with Gasteiger partial charge in [-0.2, -0.15) is 10.2 Å². The number of hydrogen-bond acceptors (Lipinski definition) is 5. The first kappa shape index (κ1) is 17.0. The first-order valence-corrected chi connectivity index (χ1v) is 7.74. The van der Waals surface area contributed by atoms with E-state index in [1.54, 1.807) is 24.3 Å². The van der Waals surface area contributed by atoms with Crippen molar-refractivity contribution in [2.45, 2.75) is 0 Å². The minimum atomic E-state index is -0.510. The van der Waals surface area contributed by atoms with Gasteiger partial charge in [-0.25, -0.2) is 0 Å². The number of non-ortho nitro benzene ring substituents is 1. The van der Waals surface area contributed by atoms with Crippen LogP contribution in [0.3, 0.4) is 0 Å². The van der Waals surface area contributed by atoms with Crippen molar-refractivity contribution in [3.05, 3.63) is 94.5 Å². The molecule has 0 saturated heterocycles. The largest absolute Gasteiger partial charge is 0.322 e. The van der Waals surface area contributed by atoms with Crippen LogP contribution in [0, 0.1) is 10.1 Å². The summed E-state index contributed by atoms with van der Waals surface area (Å²) in [7, 11) is 0. The third-order valence-electron chi connectivity index (χ3n) is 3.50. The molecule has 3 aromatic carbocycles. The molecule has 0 saturated carbocycles. The van der Waals surface area contributed by atoms with Gasteiger partial charge in [-0.3, -0.25) is 14.9 Å². The van der Waals surface area contributed by atoms with Crippen molar-refractivity contribution in [3.63, 3.8) is 0 Å². The first-order chi connectivity index (χ1) is 12.6. The highest BCUT2D eigenvalue weighted by Gasteiger charge is 2.09. The van der Waals surface area contributed by atoms with E-state index >= 15 is 0 Å². The third kappa shape index (κ3) is 4.35. The maximum Gasteiger partial charge on any atom is 0.269 e. The van der Waals surface area contributed by atoms with Crippen LogP contribution in [0.5, 0.6) is 0 Å². The van der Waals surface area contributed by atoms with Crippen molar-refractivity contribution in [3.8, 4) is 0 Å². The van der Waals surface area contributed by atoms with E-state index in [9.17, 15) is 14.9 Å². The molecule has 0 fully saturated rings. The second-order valence-electron chi connectivity index (χ2n) is 5.34. The van der Waals surface area contributed by atoms with E-state index in [-0.39, 0.29) is 11.6 Å². The lowest BCUT2D eigenvalue weighted by atomic mass is 10.2. The van der Waals surface area contributed by atoms with Crippen molar-refractivity contribution >= 4 is 28.7 Å². The summed E-state index contributed by atoms with van der Waals surface area (Å²) >= 11 is 0. The molecule has 0 radical (unpaired) electrons. The molecule has 1 N–H and O–H groups in total. The molecule has 0 heterocycles. The number of benzene rings is 3. The van der Waals surface area contributed by atoms with Crippen LogP contribution in [0.2, 0.25) is 0 Å². The summed E-state index contributed by atoms with van der Waals surface area (Å²) in [6, 6.07) is 21.7. The fourth-order valence-electron chi connectivity index (χ4n) is 2.16. The summed E-state index contributed by atoms with van der Waals surface area (Å²) in [6.45, 7) is 0. The van der Waals surface area contributed by atoms with Gasteiger partial charge in [-0.1, -0.05) is 18.2 Å². The summed E-state index contributed by atoms with van der Waals surface area (Å²) in [4.78, 5) is 22.3. The highest BCUT2D eigenvalue weighted by atomic mass is 16.6. The van der Waals surface area contributed by atoms with Gasteiger partial charge in [0.05, 0.1) is 16.3 Å². The van der Waals surface area contributed by atoms with Crippen LogP contribution < -0.4 is 5.32 Å². The molecule has 0 atom stereocenters. The van der Waals surface area contributed by atoms with Gasteiger partial charge in [0.15, 0.2) is 0 Å². The Morgan fingerprint density at radius 1 is 0.808 bits per heavy atom. The third-order valence-corrected chi connectivity index (χ3v) is 3.50. The van der Waals surface area contributed by atoms with E-state index in [0.717, 1.165) is 5.69 Å². The molecule has 3 aromatic rings. The van der Waals surface area contributed by atoms with Gasteiger partial charge in [0.25, 0.3) is 11.6 Å². The fraction of sp³-hybridized carbons (Fsp3) is 0. The zero-order valence-corrected chi connectivity index (χ0v) is 13.6. The van der Waals surface area contributed by atoms with E-state index in [1.165, 1.54) is 24.3 Å². The van der Waals surface area contributed by atoms with Gasteiger partial charge in [0, 0.05) is 23.4 Å². The predicted octanol–water partition coefficient (Wildman–Crippen LogP) is 5.26. The molecule has 128 valence electrons. The minimum absolute atomic E-state index is 0.0605. The minimum Gasteiger partial charge on any atom is -0.322 e. The number of azo groups is 1. The van der Waals surface area contributed by atoms with E-state index in [1.807, 2.05) is 30.3 Å². The van der Waals surface area contributed by atoms with Gasteiger partial charge < -0.3 is 5.32 Å². The van der Waals surface area contributed by atoms with E-state index in [4.69, 9.17) is 0 Å². The average Bonchev–Trinajstić information content (AvgIpc) is 2.68. The van der Waals surface area contributed by atoms with Gasteiger partial charge in [-0.05, 0) is 48.5 Å². The molecule has 0 aliphatic heterocycles. The Hall–Kier alpha value is -3.87. The Bertz CT molecular complexity index is 937. The molecular weight excluding hydrogens is 332 g/mol. The summed E-state index contributed by atoms with van der Waals surface area (Å²) in [6.07, 6.45) is 0. The normalized spacial score (nSPS) is 10.6. The summed E-state index contributed by atoms with van der Waals surface area (Å²) in [5.41, 5.74) is 2.27. The highest BCUT2D eigenvalue weighted by Crippen LogP contribution is 2.20. The number of nitro groups is 1. The van der Waals surface area contributed by atoms with Gasteiger partial charge in [-0.15, -0.1) is 0 Å². The number of nitrogens with one attached hydrogen (secondary N) is 1. The molecule has 7 heteroatoms. The summed E-state index contributed by atoms with van der Waals surface area (Å²) < 4.78 is 0. The Kier molecular flexibility index (Phi) is 5.09. The molecule has 7 nitrogen and oxygen atoms in total. The Morgan fingerprint density at radius 2 is 1.38 bits per heavy atom. The van der Waals surface area contributed by atoms with Crippen LogP contribution in [-0.4, -0.2) is 10.8 Å². The molecule has 3 rings (SSSR count). The maximum absolute atomic E-state index is 12.2. The number of rotatable bonds is 5. The van der Waals surface area contributed by atoms with E-state index in [2.05, 4.69) is 15.5 Å². The predicted molar refractivity (Wildman–Crippen MR) is 98.1 cm³/mol. The summed E-state index contributed by atoms with van der Waals surface area (Å²) in [5.74, 6) is -0.349. The number of anilines is 1. The molecule has 26 heavy (non-hydrogen) atoms. The zero-order chi connectivity index (χ0) is 18.4. The van der Waals surface area contributed by atoms with Crippen LogP contribution in [0.25, 0.3) is 0 Å². The van der Waals surface area contributed by atoms with Crippen LogP contribution >= 0.6 is 0 Å². The molecule has 0 aliphatic rings. The highest BCUT2D eigenvalue weighted by molar-refractivity contribution is 6.04.